The summed E-state index contributed by atoms with van der Waals surface area (Å²) in [5, 5.41) is 11.4. The highest BCUT2D eigenvalue weighted by Crippen LogP contribution is 2.26. The SMILES string of the molecule is [N-]=[N+]=N/C(=C/c1cc(Cl)c(F)cc1Cl)C(=O)O. The zero-order valence-electron chi connectivity index (χ0n) is 8.06. The first kappa shape index (κ1) is 13.3. The second-order valence-corrected chi connectivity index (χ2v) is 3.63. The predicted octanol–water partition coefficient (Wildman–Crippen LogP) is 3.87. The summed E-state index contributed by atoms with van der Waals surface area (Å²) in [4.78, 5) is 13.0. The van der Waals surface area contributed by atoms with Crippen LogP contribution >= 0.6 is 23.2 Å². The third-order valence-corrected chi connectivity index (χ3v) is 2.32. The Kier molecular flexibility index (Phi) is 4.34. The lowest BCUT2D eigenvalue weighted by atomic mass is 10.2. The molecule has 88 valence electrons. The van der Waals surface area contributed by atoms with E-state index in [4.69, 9.17) is 33.8 Å². The molecule has 17 heavy (non-hydrogen) atoms. The Labute approximate surface area is 105 Å². The van der Waals surface area contributed by atoms with Gasteiger partial charge in [-0.2, -0.15) is 0 Å². The van der Waals surface area contributed by atoms with Crippen LogP contribution in [0.5, 0.6) is 0 Å². The number of nitrogens with zero attached hydrogens (tertiary/aromatic N) is 3. The second kappa shape index (κ2) is 5.54. The third kappa shape index (κ3) is 3.35. The predicted molar refractivity (Wildman–Crippen MR) is 61.2 cm³/mol. The van der Waals surface area contributed by atoms with Gasteiger partial charge in [0.2, 0.25) is 0 Å². The van der Waals surface area contributed by atoms with Gasteiger partial charge in [-0.15, -0.1) is 0 Å². The fourth-order valence-corrected chi connectivity index (χ4v) is 1.35. The molecule has 0 unspecified atom stereocenters. The number of carbonyl (C=O) groups is 1. The van der Waals surface area contributed by atoms with Gasteiger partial charge in [0.1, 0.15) is 11.5 Å². The van der Waals surface area contributed by atoms with Crippen molar-refractivity contribution in [1.82, 2.24) is 0 Å². The Morgan fingerprint density at radius 3 is 2.65 bits per heavy atom. The highest BCUT2D eigenvalue weighted by atomic mass is 35.5. The molecule has 1 rings (SSSR count). The van der Waals surface area contributed by atoms with Crippen molar-refractivity contribution in [3.05, 3.63) is 49.7 Å². The molecule has 0 amide bonds. The van der Waals surface area contributed by atoms with Crippen LogP contribution in [0.4, 0.5) is 4.39 Å². The van der Waals surface area contributed by atoms with E-state index in [1.54, 1.807) is 0 Å². The molecule has 8 heteroatoms. The number of benzene rings is 1. The Morgan fingerprint density at radius 1 is 1.47 bits per heavy atom. The van der Waals surface area contributed by atoms with Crippen molar-refractivity contribution >= 4 is 35.2 Å². The molecule has 0 aromatic heterocycles. The van der Waals surface area contributed by atoms with Crippen molar-refractivity contribution in [3.63, 3.8) is 0 Å². The quantitative estimate of drug-likeness (QED) is 0.298. The van der Waals surface area contributed by atoms with Crippen molar-refractivity contribution in [2.24, 2.45) is 5.11 Å². The number of carboxylic acids is 1. The van der Waals surface area contributed by atoms with E-state index in [2.05, 4.69) is 10.0 Å². The topological polar surface area (TPSA) is 86.1 Å². The number of rotatable bonds is 3. The summed E-state index contributed by atoms with van der Waals surface area (Å²) >= 11 is 11.2. The maximum absolute atomic E-state index is 13.0. The van der Waals surface area contributed by atoms with Crippen LogP contribution in [0.15, 0.2) is 22.9 Å². The van der Waals surface area contributed by atoms with E-state index in [1.807, 2.05) is 0 Å². The Morgan fingerprint density at radius 2 is 2.12 bits per heavy atom. The summed E-state index contributed by atoms with van der Waals surface area (Å²) in [5.74, 6) is -2.16. The fourth-order valence-electron chi connectivity index (χ4n) is 0.977. The molecule has 0 aliphatic heterocycles. The molecule has 0 aliphatic carbocycles. The third-order valence-electron chi connectivity index (χ3n) is 1.70. The molecule has 5 nitrogen and oxygen atoms in total. The standard InChI is InChI=1S/C9H4Cl2FN3O2/c10-5-3-7(12)6(11)1-4(5)2-8(9(16)17)14-15-13/h1-3H,(H,16,17)/b8-2+. The van der Waals surface area contributed by atoms with Crippen LogP contribution in [0.2, 0.25) is 10.0 Å². The zero-order valence-corrected chi connectivity index (χ0v) is 9.57. The van der Waals surface area contributed by atoms with Crippen LogP contribution in [-0.4, -0.2) is 11.1 Å². The maximum Gasteiger partial charge on any atom is 0.338 e. The molecule has 0 saturated heterocycles. The first-order chi connectivity index (χ1) is 7.95. The van der Waals surface area contributed by atoms with Crippen LogP contribution < -0.4 is 0 Å². The molecule has 0 saturated carbocycles. The number of halogens is 3. The summed E-state index contributed by atoms with van der Waals surface area (Å²) in [5.41, 5.74) is 7.74. The number of hydrogen-bond acceptors (Lipinski definition) is 2. The Bertz CT molecular complexity index is 549. The molecule has 1 aromatic carbocycles. The van der Waals surface area contributed by atoms with Gasteiger partial charge in [0.05, 0.1) is 10.0 Å². The van der Waals surface area contributed by atoms with Crippen LogP contribution in [0.25, 0.3) is 16.5 Å². The number of aliphatic carboxylic acids is 1. The number of carboxylic acid groups (broad SMARTS) is 1. The van der Waals surface area contributed by atoms with Crippen molar-refractivity contribution < 1.29 is 14.3 Å². The van der Waals surface area contributed by atoms with Crippen LogP contribution in [0, 0.1) is 5.82 Å². The van der Waals surface area contributed by atoms with Gasteiger partial charge < -0.3 is 5.11 Å². The van der Waals surface area contributed by atoms with Gasteiger partial charge in [0.15, 0.2) is 0 Å². The monoisotopic (exact) mass is 275 g/mol. The van der Waals surface area contributed by atoms with Gasteiger partial charge >= 0.3 is 5.97 Å². The lowest BCUT2D eigenvalue weighted by Crippen LogP contribution is -1.97. The number of hydrogen-bond donors (Lipinski definition) is 1. The van der Waals surface area contributed by atoms with Crippen molar-refractivity contribution in [2.45, 2.75) is 0 Å². The van der Waals surface area contributed by atoms with E-state index in [0.717, 1.165) is 18.2 Å². The minimum absolute atomic E-state index is 0.0428. The largest absolute Gasteiger partial charge is 0.478 e. The highest BCUT2D eigenvalue weighted by Gasteiger charge is 2.09. The second-order valence-electron chi connectivity index (χ2n) is 2.81. The normalized spacial score (nSPS) is 10.9. The van der Waals surface area contributed by atoms with Crippen molar-refractivity contribution in [3.8, 4) is 0 Å². The van der Waals surface area contributed by atoms with E-state index in [0.29, 0.717) is 0 Å². The van der Waals surface area contributed by atoms with Crippen molar-refractivity contribution in [1.29, 1.82) is 0 Å². The molecule has 1 aromatic rings. The smallest absolute Gasteiger partial charge is 0.338 e. The van der Waals surface area contributed by atoms with E-state index >= 15 is 0 Å². The lowest BCUT2D eigenvalue weighted by molar-refractivity contribution is -0.132. The van der Waals surface area contributed by atoms with Gasteiger partial charge in [0, 0.05) is 4.91 Å². The minimum atomic E-state index is -1.43. The fraction of sp³-hybridized carbons (Fsp3) is 0. The average Bonchev–Trinajstić information content (AvgIpc) is 2.24. The summed E-state index contributed by atoms with van der Waals surface area (Å²) < 4.78 is 13.0. The van der Waals surface area contributed by atoms with Gasteiger partial charge in [0.25, 0.3) is 0 Å². The van der Waals surface area contributed by atoms with Crippen LogP contribution in [0.3, 0.4) is 0 Å². The summed E-state index contributed by atoms with van der Waals surface area (Å²) in [7, 11) is 0. The lowest BCUT2D eigenvalue weighted by Gasteiger charge is -2.01. The van der Waals surface area contributed by atoms with Gasteiger partial charge in [-0.25, -0.2) is 9.18 Å². The number of azide groups is 1. The first-order valence-corrected chi connectivity index (χ1v) is 4.86. The molecule has 0 heterocycles. The minimum Gasteiger partial charge on any atom is -0.478 e. The molecule has 0 fully saturated rings. The molecule has 0 bridgehead atoms. The van der Waals surface area contributed by atoms with Gasteiger partial charge in [-0.05, 0) is 29.3 Å². The zero-order chi connectivity index (χ0) is 13.0. The van der Waals surface area contributed by atoms with E-state index < -0.39 is 17.5 Å². The highest BCUT2D eigenvalue weighted by molar-refractivity contribution is 6.34. The average molecular weight is 276 g/mol. The van der Waals surface area contributed by atoms with Crippen LogP contribution in [0.1, 0.15) is 5.56 Å². The molecule has 0 spiro atoms. The maximum atomic E-state index is 13.0. The first-order valence-electron chi connectivity index (χ1n) is 4.10. The van der Waals surface area contributed by atoms with Gasteiger partial charge in [-0.3, -0.25) is 0 Å². The molecule has 0 atom stereocenters. The van der Waals surface area contributed by atoms with E-state index in [1.165, 1.54) is 0 Å². The van der Waals surface area contributed by atoms with E-state index in [9.17, 15) is 9.18 Å². The Balaban J connectivity index is 3.34. The van der Waals surface area contributed by atoms with Gasteiger partial charge in [-0.1, -0.05) is 28.3 Å². The molecule has 0 radical (unpaired) electrons. The summed E-state index contributed by atoms with van der Waals surface area (Å²) in [6.45, 7) is 0. The van der Waals surface area contributed by atoms with Crippen molar-refractivity contribution in [2.75, 3.05) is 0 Å². The van der Waals surface area contributed by atoms with Crippen LogP contribution in [-0.2, 0) is 4.79 Å². The molecular weight excluding hydrogens is 272 g/mol. The molecule has 0 aliphatic rings. The summed E-state index contributed by atoms with van der Waals surface area (Å²) in [6, 6.07) is 2.07. The molecular formula is C9H4Cl2FN3O2. The van der Waals surface area contributed by atoms with E-state index in [-0.39, 0.29) is 15.6 Å². The summed E-state index contributed by atoms with van der Waals surface area (Å²) in [6.07, 6.45) is 0.996. The Hall–Kier alpha value is -1.75. The molecule has 1 N–H and O–H groups in total.